The first-order valence-electron chi connectivity index (χ1n) is 7.50. The van der Waals surface area contributed by atoms with Gasteiger partial charge in [0.1, 0.15) is 0 Å². The Balaban J connectivity index is 2.56. The van der Waals surface area contributed by atoms with Crippen LogP contribution in [-0.4, -0.2) is 17.3 Å². The highest BCUT2D eigenvalue weighted by Crippen LogP contribution is 2.47. The first-order chi connectivity index (χ1) is 8.99. The van der Waals surface area contributed by atoms with Crippen LogP contribution in [0.15, 0.2) is 24.3 Å². The van der Waals surface area contributed by atoms with Crippen LogP contribution in [0.25, 0.3) is 0 Å². The van der Waals surface area contributed by atoms with Crippen molar-refractivity contribution in [2.75, 3.05) is 6.54 Å². The summed E-state index contributed by atoms with van der Waals surface area (Å²) in [6, 6.07) is 8.51. The summed E-state index contributed by atoms with van der Waals surface area (Å²) in [7, 11) is 0. The number of hydrogen-bond acceptors (Lipinski definition) is 2. The average Bonchev–Trinajstić information content (AvgIpc) is 2.45. The van der Waals surface area contributed by atoms with Crippen LogP contribution in [0.3, 0.4) is 0 Å². The molecule has 2 nitrogen and oxygen atoms in total. The van der Waals surface area contributed by atoms with Crippen molar-refractivity contribution < 1.29 is 5.11 Å². The van der Waals surface area contributed by atoms with Gasteiger partial charge in [0.2, 0.25) is 0 Å². The Hall–Kier alpha value is -0.860. The summed E-state index contributed by atoms with van der Waals surface area (Å²) in [5, 5.41) is 11.2. The molecular formula is C17H27NO. The van der Waals surface area contributed by atoms with Crippen molar-refractivity contribution in [2.24, 2.45) is 11.7 Å². The third-order valence-electron chi connectivity index (χ3n) is 5.47. The van der Waals surface area contributed by atoms with Gasteiger partial charge in [-0.25, -0.2) is 0 Å². The van der Waals surface area contributed by atoms with Gasteiger partial charge in [-0.15, -0.1) is 0 Å². The number of fused-ring (bicyclic) bond motifs is 1. The van der Waals surface area contributed by atoms with E-state index in [2.05, 4.69) is 38.1 Å². The molecule has 0 radical (unpaired) electrons. The van der Waals surface area contributed by atoms with E-state index in [1.54, 1.807) is 0 Å². The third kappa shape index (κ3) is 2.11. The molecule has 19 heavy (non-hydrogen) atoms. The van der Waals surface area contributed by atoms with Gasteiger partial charge in [0, 0.05) is 12.0 Å². The lowest BCUT2D eigenvalue weighted by molar-refractivity contribution is -0.0727. The third-order valence-corrected chi connectivity index (χ3v) is 5.47. The Morgan fingerprint density at radius 1 is 1.42 bits per heavy atom. The van der Waals surface area contributed by atoms with Gasteiger partial charge in [0.05, 0.1) is 5.60 Å². The van der Waals surface area contributed by atoms with Crippen molar-refractivity contribution in [3.8, 4) is 0 Å². The van der Waals surface area contributed by atoms with Gasteiger partial charge in [-0.3, -0.25) is 0 Å². The summed E-state index contributed by atoms with van der Waals surface area (Å²) >= 11 is 0. The van der Waals surface area contributed by atoms with Crippen molar-refractivity contribution in [1.29, 1.82) is 0 Å². The summed E-state index contributed by atoms with van der Waals surface area (Å²) in [4.78, 5) is 0. The molecule has 2 heteroatoms. The molecule has 2 rings (SSSR count). The SMILES string of the molecule is CCC(C)C(C)(O)C1(CN)CCCc2ccccc21. The Morgan fingerprint density at radius 3 is 2.74 bits per heavy atom. The van der Waals surface area contributed by atoms with Crippen LogP contribution in [0, 0.1) is 5.92 Å². The molecule has 0 aromatic heterocycles. The minimum absolute atomic E-state index is 0.238. The van der Waals surface area contributed by atoms with Gasteiger partial charge in [0.25, 0.3) is 0 Å². The maximum atomic E-state index is 11.2. The average molecular weight is 261 g/mol. The van der Waals surface area contributed by atoms with Crippen LogP contribution in [-0.2, 0) is 11.8 Å². The smallest absolute Gasteiger partial charge is 0.0753 e. The molecule has 3 N–H and O–H groups in total. The first kappa shape index (κ1) is 14.5. The van der Waals surface area contributed by atoms with Crippen molar-refractivity contribution in [3.63, 3.8) is 0 Å². The van der Waals surface area contributed by atoms with Gasteiger partial charge in [-0.1, -0.05) is 44.5 Å². The van der Waals surface area contributed by atoms with E-state index in [9.17, 15) is 5.11 Å². The predicted molar refractivity (Wildman–Crippen MR) is 80.2 cm³/mol. The van der Waals surface area contributed by atoms with E-state index < -0.39 is 5.60 Å². The van der Waals surface area contributed by atoms with Crippen molar-refractivity contribution >= 4 is 0 Å². The van der Waals surface area contributed by atoms with E-state index in [-0.39, 0.29) is 11.3 Å². The molecular weight excluding hydrogens is 234 g/mol. The molecule has 1 aliphatic carbocycles. The Kier molecular flexibility index (Phi) is 4.03. The standard InChI is InChI=1S/C17H27NO/c1-4-13(2)16(3,19)17(12-18)11-7-9-14-8-5-6-10-15(14)17/h5-6,8,10,13,19H,4,7,9,11-12,18H2,1-3H3. The molecule has 3 atom stereocenters. The molecule has 0 aliphatic heterocycles. The minimum atomic E-state index is -0.757. The van der Waals surface area contributed by atoms with Gasteiger partial charge < -0.3 is 10.8 Å². The van der Waals surface area contributed by atoms with Crippen LogP contribution < -0.4 is 5.73 Å². The lowest BCUT2D eigenvalue weighted by Crippen LogP contribution is -2.59. The fourth-order valence-electron chi connectivity index (χ4n) is 3.73. The van der Waals surface area contributed by atoms with E-state index >= 15 is 0 Å². The zero-order valence-electron chi connectivity index (χ0n) is 12.4. The van der Waals surface area contributed by atoms with E-state index in [1.807, 2.05) is 6.92 Å². The van der Waals surface area contributed by atoms with Gasteiger partial charge in [0.15, 0.2) is 0 Å². The lowest BCUT2D eigenvalue weighted by atomic mass is 9.57. The van der Waals surface area contributed by atoms with Crippen LogP contribution in [0.4, 0.5) is 0 Å². The fourth-order valence-corrected chi connectivity index (χ4v) is 3.73. The molecule has 0 bridgehead atoms. The second kappa shape index (κ2) is 5.26. The monoisotopic (exact) mass is 261 g/mol. The van der Waals surface area contributed by atoms with E-state index in [1.165, 1.54) is 11.1 Å². The van der Waals surface area contributed by atoms with Gasteiger partial charge >= 0.3 is 0 Å². The topological polar surface area (TPSA) is 46.2 Å². The fraction of sp³-hybridized carbons (Fsp3) is 0.647. The number of hydrogen-bond donors (Lipinski definition) is 2. The van der Waals surface area contributed by atoms with Gasteiger partial charge in [-0.05, 0) is 43.2 Å². The van der Waals surface area contributed by atoms with E-state index in [0.29, 0.717) is 6.54 Å². The van der Waals surface area contributed by atoms with Crippen LogP contribution >= 0.6 is 0 Å². The van der Waals surface area contributed by atoms with Crippen LogP contribution in [0.5, 0.6) is 0 Å². The molecule has 0 saturated carbocycles. The highest BCUT2D eigenvalue weighted by molar-refractivity contribution is 5.40. The maximum absolute atomic E-state index is 11.2. The number of benzene rings is 1. The summed E-state index contributed by atoms with van der Waals surface area (Å²) in [5.41, 5.74) is 7.76. The quantitative estimate of drug-likeness (QED) is 0.875. The van der Waals surface area contributed by atoms with E-state index in [0.717, 1.165) is 25.7 Å². The summed E-state index contributed by atoms with van der Waals surface area (Å²) in [6.45, 7) is 6.77. The Labute approximate surface area is 117 Å². The molecule has 1 aromatic carbocycles. The second-order valence-electron chi connectivity index (χ2n) is 6.25. The molecule has 0 heterocycles. The minimum Gasteiger partial charge on any atom is -0.389 e. The first-order valence-corrected chi connectivity index (χ1v) is 7.50. The van der Waals surface area contributed by atoms with Gasteiger partial charge in [-0.2, -0.15) is 0 Å². The van der Waals surface area contributed by atoms with Crippen LogP contribution in [0.1, 0.15) is 51.2 Å². The largest absolute Gasteiger partial charge is 0.389 e. The summed E-state index contributed by atoms with van der Waals surface area (Å²) in [5.74, 6) is 0.238. The molecule has 1 aliphatic rings. The second-order valence-corrected chi connectivity index (χ2v) is 6.25. The number of aliphatic hydroxyl groups is 1. The van der Waals surface area contributed by atoms with Crippen molar-refractivity contribution in [2.45, 2.75) is 57.5 Å². The Bertz CT molecular complexity index is 441. The Morgan fingerprint density at radius 2 is 2.11 bits per heavy atom. The highest BCUT2D eigenvalue weighted by atomic mass is 16.3. The number of rotatable bonds is 4. The molecule has 0 amide bonds. The molecule has 0 fully saturated rings. The van der Waals surface area contributed by atoms with Crippen molar-refractivity contribution in [3.05, 3.63) is 35.4 Å². The highest BCUT2D eigenvalue weighted by Gasteiger charge is 2.51. The predicted octanol–water partition coefficient (Wildman–Crippen LogP) is 3.02. The zero-order chi connectivity index (χ0) is 14.1. The number of nitrogens with two attached hydrogens (primary N) is 1. The number of aryl methyl sites for hydroxylation is 1. The molecule has 3 unspecified atom stereocenters. The summed E-state index contributed by atoms with van der Waals surface area (Å²) < 4.78 is 0. The van der Waals surface area contributed by atoms with Crippen molar-refractivity contribution in [1.82, 2.24) is 0 Å². The normalized spacial score (nSPS) is 27.4. The summed E-state index contributed by atoms with van der Waals surface area (Å²) in [6.07, 6.45) is 4.17. The molecule has 106 valence electrons. The van der Waals surface area contributed by atoms with Crippen LogP contribution in [0.2, 0.25) is 0 Å². The molecule has 0 spiro atoms. The van der Waals surface area contributed by atoms with E-state index in [4.69, 9.17) is 5.73 Å². The lowest BCUT2D eigenvalue weighted by Gasteiger charge is -2.51. The molecule has 1 aromatic rings. The molecule has 0 saturated heterocycles. The maximum Gasteiger partial charge on any atom is 0.0753 e. The zero-order valence-corrected chi connectivity index (χ0v) is 12.4.